The lowest BCUT2D eigenvalue weighted by Crippen LogP contribution is -2.14. The number of fused-ring (bicyclic) bond motifs is 1. The summed E-state index contributed by atoms with van der Waals surface area (Å²) in [6.07, 6.45) is 0.0706. The zero-order valence-corrected chi connectivity index (χ0v) is 20.5. The standard InChI is InChI=1S/C23H28N6OS2/c1-14(2)30-21-9-7-16(32-24)11-18(21)26-23-27-19(13-31-23)15-6-8-20-17(10-15)25-22(29(20)5)12-28(3)4/h6-11,13-14H,12,24H2,1-5H3,(H,26,27). The number of rotatable bonds is 8. The summed E-state index contributed by atoms with van der Waals surface area (Å²) in [6, 6.07) is 12.2. The molecule has 2 heterocycles. The molecule has 4 aromatic rings. The highest BCUT2D eigenvalue weighted by molar-refractivity contribution is 7.97. The number of hydrogen-bond acceptors (Lipinski definition) is 8. The van der Waals surface area contributed by atoms with E-state index in [-0.39, 0.29) is 6.10 Å². The molecule has 168 valence electrons. The van der Waals surface area contributed by atoms with Gasteiger partial charge in [-0.25, -0.2) is 9.97 Å². The van der Waals surface area contributed by atoms with E-state index in [1.807, 2.05) is 46.1 Å². The maximum absolute atomic E-state index is 5.95. The minimum atomic E-state index is 0.0706. The van der Waals surface area contributed by atoms with Crippen LogP contribution in [0.4, 0.5) is 10.8 Å². The average Bonchev–Trinajstić information content (AvgIpc) is 3.33. The molecule has 0 saturated carbocycles. The van der Waals surface area contributed by atoms with Crippen molar-refractivity contribution < 1.29 is 4.74 Å². The van der Waals surface area contributed by atoms with Gasteiger partial charge < -0.3 is 19.5 Å². The van der Waals surface area contributed by atoms with E-state index in [1.54, 1.807) is 11.3 Å². The number of benzene rings is 2. The smallest absolute Gasteiger partial charge is 0.187 e. The number of imidazole rings is 1. The van der Waals surface area contributed by atoms with Gasteiger partial charge in [0.25, 0.3) is 0 Å². The number of thiazole rings is 1. The van der Waals surface area contributed by atoms with Crippen LogP contribution in [-0.4, -0.2) is 39.6 Å². The van der Waals surface area contributed by atoms with Crippen LogP contribution >= 0.6 is 23.3 Å². The van der Waals surface area contributed by atoms with E-state index < -0.39 is 0 Å². The van der Waals surface area contributed by atoms with E-state index in [9.17, 15) is 0 Å². The second-order valence-corrected chi connectivity index (χ2v) is 9.70. The van der Waals surface area contributed by atoms with Crippen molar-refractivity contribution in [3.05, 3.63) is 47.6 Å². The molecule has 0 aliphatic rings. The molecule has 0 aliphatic heterocycles. The molecular formula is C23H28N6OS2. The highest BCUT2D eigenvalue weighted by atomic mass is 32.2. The van der Waals surface area contributed by atoms with Gasteiger partial charge in [-0.1, -0.05) is 6.07 Å². The highest BCUT2D eigenvalue weighted by Gasteiger charge is 2.13. The van der Waals surface area contributed by atoms with Crippen molar-refractivity contribution in [2.75, 3.05) is 19.4 Å². The fourth-order valence-electron chi connectivity index (χ4n) is 3.45. The third kappa shape index (κ3) is 4.91. The van der Waals surface area contributed by atoms with Gasteiger partial charge in [-0.15, -0.1) is 11.3 Å². The number of aryl methyl sites for hydroxylation is 1. The van der Waals surface area contributed by atoms with Crippen molar-refractivity contribution >= 4 is 45.1 Å². The second-order valence-electron chi connectivity index (χ2n) is 8.13. The van der Waals surface area contributed by atoms with Crippen LogP contribution in [0.25, 0.3) is 22.3 Å². The molecule has 3 N–H and O–H groups in total. The Labute approximate surface area is 196 Å². The quantitative estimate of drug-likeness (QED) is 0.342. The minimum absolute atomic E-state index is 0.0706. The first-order valence-corrected chi connectivity index (χ1v) is 12.1. The van der Waals surface area contributed by atoms with Gasteiger partial charge in [0.2, 0.25) is 0 Å². The van der Waals surface area contributed by atoms with Crippen LogP contribution in [-0.2, 0) is 13.6 Å². The first-order valence-electron chi connectivity index (χ1n) is 10.3. The summed E-state index contributed by atoms with van der Waals surface area (Å²) in [4.78, 5) is 12.7. The molecule has 0 bridgehead atoms. The Morgan fingerprint density at radius 1 is 1.19 bits per heavy atom. The van der Waals surface area contributed by atoms with Gasteiger partial charge in [0.15, 0.2) is 5.13 Å². The first kappa shape index (κ1) is 22.6. The van der Waals surface area contributed by atoms with E-state index in [1.165, 1.54) is 11.9 Å². The summed E-state index contributed by atoms with van der Waals surface area (Å²) in [5.74, 6) is 1.82. The minimum Gasteiger partial charge on any atom is -0.489 e. The Kier molecular flexibility index (Phi) is 6.71. The lowest BCUT2D eigenvalue weighted by atomic mass is 10.1. The second kappa shape index (κ2) is 9.50. The Hall–Kier alpha value is -2.59. The van der Waals surface area contributed by atoms with Crippen LogP contribution in [0.1, 0.15) is 19.7 Å². The van der Waals surface area contributed by atoms with E-state index in [0.29, 0.717) is 0 Å². The highest BCUT2D eigenvalue weighted by Crippen LogP contribution is 2.35. The fourth-order valence-corrected chi connectivity index (χ4v) is 4.51. The molecule has 0 amide bonds. The van der Waals surface area contributed by atoms with Gasteiger partial charge in [0, 0.05) is 22.9 Å². The molecule has 2 aromatic heterocycles. The first-order chi connectivity index (χ1) is 15.3. The van der Waals surface area contributed by atoms with Gasteiger partial charge in [-0.3, -0.25) is 5.14 Å². The van der Waals surface area contributed by atoms with Crippen molar-refractivity contribution in [1.82, 2.24) is 19.4 Å². The lowest BCUT2D eigenvalue weighted by Gasteiger charge is -2.15. The maximum atomic E-state index is 5.95. The Morgan fingerprint density at radius 3 is 2.72 bits per heavy atom. The SMILES string of the molecule is CC(C)Oc1ccc(SN)cc1Nc1nc(-c2ccc3c(c2)nc(CN(C)C)n3C)cs1. The monoisotopic (exact) mass is 468 g/mol. The largest absolute Gasteiger partial charge is 0.489 e. The van der Waals surface area contributed by atoms with Crippen molar-refractivity contribution in [3.8, 4) is 17.0 Å². The van der Waals surface area contributed by atoms with E-state index in [2.05, 4.69) is 45.4 Å². The molecule has 0 unspecified atom stereocenters. The Balaban J connectivity index is 1.61. The summed E-state index contributed by atoms with van der Waals surface area (Å²) in [5, 5.41) is 12.0. The van der Waals surface area contributed by atoms with Gasteiger partial charge >= 0.3 is 0 Å². The third-order valence-corrected chi connectivity index (χ3v) is 6.21. The van der Waals surface area contributed by atoms with Crippen LogP contribution in [0.3, 0.4) is 0 Å². The molecule has 0 aliphatic carbocycles. The van der Waals surface area contributed by atoms with Crippen molar-refractivity contribution in [1.29, 1.82) is 0 Å². The number of nitrogens with zero attached hydrogens (tertiary/aromatic N) is 4. The predicted molar refractivity (Wildman–Crippen MR) is 135 cm³/mol. The summed E-state index contributed by atoms with van der Waals surface area (Å²) >= 11 is 2.76. The van der Waals surface area contributed by atoms with Gasteiger partial charge in [0.05, 0.1) is 35.1 Å². The molecular weight excluding hydrogens is 440 g/mol. The number of hydrogen-bond donors (Lipinski definition) is 2. The number of nitrogens with two attached hydrogens (primary N) is 1. The maximum Gasteiger partial charge on any atom is 0.187 e. The molecule has 0 saturated heterocycles. The molecule has 4 rings (SSSR count). The zero-order valence-electron chi connectivity index (χ0n) is 18.9. The van der Waals surface area contributed by atoms with E-state index >= 15 is 0 Å². The number of nitrogens with one attached hydrogen (secondary N) is 1. The third-order valence-electron chi connectivity index (χ3n) is 4.92. The average molecular weight is 469 g/mol. The van der Waals surface area contributed by atoms with Crippen LogP contribution < -0.4 is 15.2 Å². The van der Waals surface area contributed by atoms with Crippen molar-refractivity contribution in [2.45, 2.75) is 31.4 Å². The van der Waals surface area contributed by atoms with Crippen molar-refractivity contribution in [2.24, 2.45) is 12.2 Å². The van der Waals surface area contributed by atoms with Crippen molar-refractivity contribution in [3.63, 3.8) is 0 Å². The summed E-state index contributed by atoms with van der Waals surface area (Å²) in [7, 11) is 6.16. The number of aromatic nitrogens is 3. The molecule has 7 nitrogen and oxygen atoms in total. The molecule has 0 spiro atoms. The normalized spacial score (nSPS) is 11.6. The summed E-state index contributed by atoms with van der Waals surface area (Å²) in [5.41, 5.74) is 4.90. The predicted octanol–water partition coefficient (Wildman–Crippen LogP) is 5.26. The van der Waals surface area contributed by atoms with Crippen LogP contribution in [0.15, 0.2) is 46.7 Å². The van der Waals surface area contributed by atoms with E-state index in [4.69, 9.17) is 19.8 Å². The molecule has 0 radical (unpaired) electrons. The van der Waals surface area contributed by atoms with E-state index in [0.717, 1.165) is 56.1 Å². The Morgan fingerprint density at radius 2 is 2.00 bits per heavy atom. The lowest BCUT2D eigenvalue weighted by molar-refractivity contribution is 0.243. The molecule has 0 fully saturated rings. The Bertz CT molecular complexity index is 1230. The summed E-state index contributed by atoms with van der Waals surface area (Å²) in [6.45, 7) is 4.81. The molecule has 2 aromatic carbocycles. The zero-order chi connectivity index (χ0) is 22.8. The fraction of sp³-hybridized carbons (Fsp3) is 0.304. The summed E-state index contributed by atoms with van der Waals surface area (Å²) < 4.78 is 8.09. The van der Waals surface area contributed by atoms with Gasteiger partial charge in [-0.05, 0) is 70.2 Å². The van der Waals surface area contributed by atoms with Crippen LogP contribution in [0, 0.1) is 0 Å². The molecule has 0 atom stereocenters. The van der Waals surface area contributed by atoms with Crippen LogP contribution in [0.2, 0.25) is 0 Å². The number of anilines is 2. The topological polar surface area (TPSA) is 81.2 Å². The molecule has 32 heavy (non-hydrogen) atoms. The molecule has 9 heteroatoms. The van der Waals surface area contributed by atoms with Gasteiger partial charge in [0.1, 0.15) is 11.6 Å². The van der Waals surface area contributed by atoms with Gasteiger partial charge in [-0.2, -0.15) is 0 Å². The van der Waals surface area contributed by atoms with Crippen LogP contribution in [0.5, 0.6) is 5.75 Å². The number of ether oxygens (including phenoxy) is 1.